The molecule has 0 radical (unpaired) electrons. The Morgan fingerprint density at radius 2 is 1.15 bits per heavy atom. The normalized spacial score (nSPS) is 22.5. The zero-order valence-electron chi connectivity index (χ0n) is 17.6. The van der Waals surface area contributed by atoms with Crippen molar-refractivity contribution in [3.63, 3.8) is 0 Å². The summed E-state index contributed by atoms with van der Waals surface area (Å²) in [7, 11) is -6.34. The van der Waals surface area contributed by atoms with Crippen LogP contribution in [-0.2, 0) is 31.6 Å². The van der Waals surface area contributed by atoms with Gasteiger partial charge >= 0.3 is 8.80 Å². The van der Waals surface area contributed by atoms with Gasteiger partial charge in [0.15, 0.2) is 16.6 Å². The third-order valence-electron chi connectivity index (χ3n) is 3.14. The summed E-state index contributed by atoms with van der Waals surface area (Å²) in [6.07, 6.45) is -0.180. The number of ether oxygens (including phenoxy) is 4. The first kappa shape index (κ1) is 24.4. The predicted octanol–water partition coefficient (Wildman–Crippen LogP) is 2.72. The van der Waals surface area contributed by atoms with Crippen LogP contribution in [0.2, 0.25) is 45.8 Å². The Morgan fingerprint density at radius 1 is 0.692 bits per heavy atom. The molecular formula is C16H38O7Si3. The number of rotatable bonds is 7. The van der Waals surface area contributed by atoms with E-state index in [9.17, 15) is 0 Å². The molecule has 0 aliphatic carbocycles. The standard InChI is InChI=1S/C16H38O7Si3/c1-24(2,3)22-26(7,23-25(4,5)6)21-15-16-14-19-11-10-17-8-9-18-12-13-20-16/h16H,8-15H2,1-7H3. The van der Waals surface area contributed by atoms with Crippen molar-refractivity contribution < 1.29 is 31.6 Å². The first-order valence-corrected chi connectivity index (χ1v) is 18.4. The van der Waals surface area contributed by atoms with Crippen LogP contribution in [0.5, 0.6) is 0 Å². The summed E-state index contributed by atoms with van der Waals surface area (Å²) in [6, 6.07) is 0. The van der Waals surface area contributed by atoms with Gasteiger partial charge in [-0.25, -0.2) is 0 Å². The lowest BCUT2D eigenvalue weighted by Crippen LogP contribution is -2.55. The van der Waals surface area contributed by atoms with Crippen molar-refractivity contribution in [3.05, 3.63) is 0 Å². The lowest BCUT2D eigenvalue weighted by atomic mass is 10.4. The number of hydrogen-bond acceptors (Lipinski definition) is 7. The molecule has 1 fully saturated rings. The quantitative estimate of drug-likeness (QED) is 0.580. The van der Waals surface area contributed by atoms with E-state index in [0.29, 0.717) is 52.9 Å². The van der Waals surface area contributed by atoms with E-state index < -0.39 is 25.4 Å². The number of hydrogen-bond donors (Lipinski definition) is 0. The lowest BCUT2D eigenvalue weighted by Gasteiger charge is -2.37. The zero-order valence-corrected chi connectivity index (χ0v) is 20.6. The fourth-order valence-corrected chi connectivity index (χ4v) is 12.9. The van der Waals surface area contributed by atoms with Gasteiger partial charge in [0.2, 0.25) is 0 Å². The van der Waals surface area contributed by atoms with Crippen LogP contribution in [0.4, 0.5) is 0 Å². The molecule has 1 saturated heterocycles. The summed E-state index contributed by atoms with van der Waals surface area (Å²) >= 11 is 0. The predicted molar refractivity (Wildman–Crippen MR) is 109 cm³/mol. The van der Waals surface area contributed by atoms with Gasteiger partial charge in [0.05, 0.1) is 52.9 Å². The molecule has 0 amide bonds. The minimum atomic E-state index is -2.74. The topological polar surface area (TPSA) is 64.6 Å². The van der Waals surface area contributed by atoms with E-state index in [2.05, 4.69) is 39.3 Å². The van der Waals surface area contributed by atoms with E-state index in [1.807, 2.05) is 6.55 Å². The molecular weight excluding hydrogens is 388 g/mol. The molecule has 1 aliphatic heterocycles. The van der Waals surface area contributed by atoms with Crippen molar-refractivity contribution in [3.8, 4) is 0 Å². The summed E-state index contributed by atoms with van der Waals surface area (Å²) in [5, 5.41) is 0. The van der Waals surface area contributed by atoms with E-state index in [4.69, 9.17) is 31.6 Å². The SMILES string of the molecule is C[Si](C)(C)O[Si](C)(OCC1COCCOCCOCCO1)O[Si](C)(C)C. The maximum absolute atomic E-state index is 6.36. The largest absolute Gasteiger partial charge is 0.476 e. The molecule has 1 aliphatic rings. The van der Waals surface area contributed by atoms with E-state index in [-0.39, 0.29) is 6.10 Å². The average Bonchev–Trinajstić information content (AvgIpc) is 2.42. The molecule has 0 aromatic rings. The Balaban J connectivity index is 2.63. The molecule has 0 aromatic carbocycles. The summed E-state index contributed by atoms with van der Waals surface area (Å²) < 4.78 is 41.4. The summed E-state index contributed by atoms with van der Waals surface area (Å²) in [6.45, 7) is 19.0. The molecule has 1 rings (SSSR count). The second-order valence-corrected chi connectivity index (χ2v) is 20.5. The van der Waals surface area contributed by atoms with Crippen LogP contribution < -0.4 is 0 Å². The highest BCUT2D eigenvalue weighted by Gasteiger charge is 2.43. The molecule has 0 aromatic heterocycles. The van der Waals surface area contributed by atoms with Crippen LogP contribution >= 0.6 is 0 Å². The van der Waals surface area contributed by atoms with Crippen molar-refractivity contribution in [2.75, 3.05) is 52.9 Å². The van der Waals surface area contributed by atoms with E-state index in [1.165, 1.54) is 0 Å². The van der Waals surface area contributed by atoms with Crippen LogP contribution in [0.1, 0.15) is 0 Å². The highest BCUT2D eigenvalue weighted by molar-refractivity contribution is 6.85. The minimum Gasteiger partial charge on any atom is -0.417 e. The molecule has 0 saturated carbocycles. The molecule has 156 valence electrons. The molecule has 1 heterocycles. The Labute approximate surface area is 162 Å². The second kappa shape index (κ2) is 11.4. The fourth-order valence-electron chi connectivity index (χ4n) is 2.51. The van der Waals surface area contributed by atoms with Crippen molar-refractivity contribution >= 4 is 25.4 Å². The van der Waals surface area contributed by atoms with Crippen molar-refractivity contribution in [2.45, 2.75) is 51.9 Å². The highest BCUT2D eigenvalue weighted by atomic mass is 28.5. The first-order valence-electron chi connectivity index (χ1n) is 9.38. The van der Waals surface area contributed by atoms with Gasteiger partial charge < -0.3 is 31.6 Å². The van der Waals surface area contributed by atoms with Gasteiger partial charge in [-0.3, -0.25) is 0 Å². The lowest BCUT2D eigenvalue weighted by molar-refractivity contribution is -0.0818. The summed E-state index contributed by atoms with van der Waals surface area (Å²) in [5.41, 5.74) is 0. The van der Waals surface area contributed by atoms with Crippen LogP contribution in [0.25, 0.3) is 0 Å². The molecule has 26 heavy (non-hydrogen) atoms. The Morgan fingerprint density at radius 3 is 1.65 bits per heavy atom. The van der Waals surface area contributed by atoms with Crippen LogP contribution in [-0.4, -0.2) is 84.4 Å². The van der Waals surface area contributed by atoms with Gasteiger partial charge in [-0.05, 0) is 39.3 Å². The molecule has 1 atom stereocenters. The van der Waals surface area contributed by atoms with Crippen molar-refractivity contribution in [2.24, 2.45) is 0 Å². The van der Waals surface area contributed by atoms with Gasteiger partial charge in [-0.2, -0.15) is 0 Å². The monoisotopic (exact) mass is 426 g/mol. The molecule has 0 N–H and O–H groups in total. The third-order valence-corrected chi connectivity index (χ3v) is 11.7. The van der Waals surface area contributed by atoms with Crippen molar-refractivity contribution in [1.29, 1.82) is 0 Å². The third kappa shape index (κ3) is 12.7. The van der Waals surface area contributed by atoms with Crippen LogP contribution in [0.15, 0.2) is 0 Å². The van der Waals surface area contributed by atoms with Crippen LogP contribution in [0, 0.1) is 0 Å². The maximum Gasteiger partial charge on any atom is 0.476 e. The average molecular weight is 427 g/mol. The first-order chi connectivity index (χ1) is 12.0. The van der Waals surface area contributed by atoms with E-state index in [1.54, 1.807) is 0 Å². The molecule has 0 spiro atoms. The van der Waals surface area contributed by atoms with Gasteiger partial charge in [0, 0.05) is 6.55 Å². The van der Waals surface area contributed by atoms with Gasteiger partial charge in [-0.1, -0.05) is 0 Å². The van der Waals surface area contributed by atoms with Gasteiger partial charge in [-0.15, -0.1) is 0 Å². The van der Waals surface area contributed by atoms with Gasteiger partial charge in [0.25, 0.3) is 0 Å². The molecule has 1 unspecified atom stereocenters. The van der Waals surface area contributed by atoms with E-state index in [0.717, 1.165) is 0 Å². The van der Waals surface area contributed by atoms with Gasteiger partial charge in [0.1, 0.15) is 6.10 Å². The minimum absolute atomic E-state index is 0.180. The Hall–Kier alpha value is 0.371. The Bertz CT molecular complexity index is 357. The second-order valence-electron chi connectivity index (χ2n) is 8.39. The molecule has 10 heteroatoms. The maximum atomic E-state index is 6.36. The Kier molecular flexibility index (Phi) is 10.7. The smallest absolute Gasteiger partial charge is 0.417 e. The summed E-state index contributed by atoms with van der Waals surface area (Å²) in [5.74, 6) is 0. The molecule has 0 bridgehead atoms. The fraction of sp³-hybridized carbons (Fsp3) is 1.00. The van der Waals surface area contributed by atoms with Crippen molar-refractivity contribution in [1.82, 2.24) is 0 Å². The van der Waals surface area contributed by atoms with E-state index >= 15 is 0 Å². The molecule has 7 nitrogen and oxygen atoms in total. The van der Waals surface area contributed by atoms with Crippen LogP contribution in [0.3, 0.4) is 0 Å². The highest BCUT2D eigenvalue weighted by Crippen LogP contribution is 2.22. The zero-order chi connectivity index (χ0) is 19.7. The summed E-state index contributed by atoms with van der Waals surface area (Å²) in [4.78, 5) is 0.